The van der Waals surface area contributed by atoms with E-state index in [1.807, 2.05) is 46.6 Å². The van der Waals surface area contributed by atoms with Crippen LogP contribution in [0.25, 0.3) is 0 Å². The predicted octanol–water partition coefficient (Wildman–Crippen LogP) is 2.52. The second kappa shape index (κ2) is 13.0. The highest BCUT2D eigenvalue weighted by atomic mass is 32.2. The van der Waals surface area contributed by atoms with Crippen LogP contribution in [0, 0.1) is 11.3 Å². The number of carbonyl (C=O) groups is 3. The van der Waals surface area contributed by atoms with Gasteiger partial charge in [-0.3, -0.25) is 19.3 Å². The van der Waals surface area contributed by atoms with Gasteiger partial charge in [-0.1, -0.05) is 47.1 Å². The quantitative estimate of drug-likeness (QED) is 0.310. The van der Waals surface area contributed by atoms with Gasteiger partial charge in [0.1, 0.15) is 6.04 Å². The minimum atomic E-state index is -4.10. The van der Waals surface area contributed by atoms with Crippen molar-refractivity contribution in [2.75, 3.05) is 26.4 Å². The molecule has 11 heteroatoms. The minimum absolute atomic E-state index is 0.0853. The predicted molar refractivity (Wildman–Crippen MR) is 153 cm³/mol. The van der Waals surface area contributed by atoms with E-state index in [0.29, 0.717) is 5.69 Å². The first-order chi connectivity index (χ1) is 18.0. The fourth-order valence-electron chi connectivity index (χ4n) is 4.64. The SMILES string of the molecule is CC(=CC(C(C)C)N(C)C(=O)C(NC(=O)C1CCCCN1C)C(C)(C)C)C(=O)NS(=O)(=O)c1ccc(N)cc1. The van der Waals surface area contributed by atoms with Crippen LogP contribution in [-0.4, -0.2) is 74.7 Å². The Kier molecular flexibility index (Phi) is 10.7. The van der Waals surface area contributed by atoms with Gasteiger partial charge in [0.15, 0.2) is 0 Å². The molecule has 3 unspecified atom stereocenters. The van der Waals surface area contributed by atoms with E-state index in [9.17, 15) is 22.8 Å². The van der Waals surface area contributed by atoms with Crippen molar-refractivity contribution >= 4 is 33.4 Å². The van der Waals surface area contributed by atoms with E-state index in [4.69, 9.17) is 5.73 Å². The Balaban J connectivity index is 2.25. The summed E-state index contributed by atoms with van der Waals surface area (Å²) in [6.45, 7) is 11.8. The topological polar surface area (TPSA) is 142 Å². The number of carbonyl (C=O) groups excluding carboxylic acids is 3. The van der Waals surface area contributed by atoms with Crippen LogP contribution in [-0.2, 0) is 24.4 Å². The van der Waals surface area contributed by atoms with Crippen molar-refractivity contribution in [3.05, 3.63) is 35.9 Å². The second-order valence-corrected chi connectivity index (χ2v) is 13.5. The number of rotatable bonds is 9. The van der Waals surface area contributed by atoms with Gasteiger partial charge in [0, 0.05) is 18.3 Å². The smallest absolute Gasteiger partial charge is 0.264 e. The number of likely N-dealkylation sites (N-methyl/N-ethyl adjacent to an activating group) is 2. The zero-order chi connectivity index (χ0) is 29.7. The van der Waals surface area contributed by atoms with Crippen LogP contribution in [0.5, 0.6) is 0 Å². The molecule has 0 bridgehead atoms. The summed E-state index contributed by atoms with van der Waals surface area (Å²) in [5, 5.41) is 3.00. The van der Waals surface area contributed by atoms with Crippen molar-refractivity contribution in [1.29, 1.82) is 0 Å². The molecule has 0 radical (unpaired) electrons. The molecule has 10 nitrogen and oxygen atoms in total. The number of piperidine rings is 1. The summed E-state index contributed by atoms with van der Waals surface area (Å²) in [5.74, 6) is -1.35. The molecule has 0 spiro atoms. The number of benzene rings is 1. The summed E-state index contributed by atoms with van der Waals surface area (Å²) in [4.78, 5) is 43.3. The fraction of sp³-hybridized carbons (Fsp3) is 0.607. The number of hydrogen-bond acceptors (Lipinski definition) is 7. The molecular weight excluding hydrogens is 518 g/mol. The number of anilines is 1. The molecule has 1 aromatic rings. The molecule has 1 heterocycles. The second-order valence-electron chi connectivity index (χ2n) is 11.8. The van der Waals surface area contributed by atoms with Crippen LogP contribution < -0.4 is 15.8 Å². The first-order valence-electron chi connectivity index (χ1n) is 13.3. The molecule has 1 aliphatic rings. The highest BCUT2D eigenvalue weighted by Crippen LogP contribution is 2.25. The van der Waals surface area contributed by atoms with E-state index in [1.165, 1.54) is 36.1 Å². The monoisotopic (exact) mass is 563 g/mol. The zero-order valence-electron chi connectivity index (χ0n) is 24.4. The largest absolute Gasteiger partial charge is 0.399 e. The fourth-order valence-corrected chi connectivity index (χ4v) is 5.65. The Labute approximate surface area is 233 Å². The number of nitrogens with zero attached hydrogens (tertiary/aromatic N) is 2. The molecule has 1 aromatic carbocycles. The van der Waals surface area contributed by atoms with Crippen molar-refractivity contribution < 1.29 is 22.8 Å². The minimum Gasteiger partial charge on any atom is -0.399 e. The molecule has 1 fully saturated rings. The van der Waals surface area contributed by atoms with Crippen molar-refractivity contribution in [1.82, 2.24) is 19.8 Å². The summed E-state index contributed by atoms with van der Waals surface area (Å²) < 4.78 is 27.4. The van der Waals surface area contributed by atoms with Gasteiger partial charge in [0.05, 0.1) is 17.0 Å². The maximum Gasteiger partial charge on any atom is 0.264 e. The first kappa shape index (κ1) is 32.3. The third-order valence-corrected chi connectivity index (χ3v) is 8.49. The number of sulfonamides is 1. The Bertz CT molecular complexity index is 1170. The van der Waals surface area contributed by atoms with Crippen LogP contribution in [0.4, 0.5) is 5.69 Å². The molecule has 3 amide bonds. The van der Waals surface area contributed by atoms with Gasteiger partial charge in [-0.05, 0) is 69.0 Å². The van der Waals surface area contributed by atoms with Crippen LogP contribution in [0.15, 0.2) is 40.8 Å². The van der Waals surface area contributed by atoms with Crippen molar-refractivity contribution in [3.8, 4) is 0 Å². The van der Waals surface area contributed by atoms with Gasteiger partial charge >= 0.3 is 0 Å². The standard InChI is InChI=1S/C28H45N5O5S/c1-18(2)23(17-19(3)25(34)31-39(37,38)21-14-12-20(29)13-15-21)33(8)27(36)24(28(4,5)6)30-26(35)22-11-9-10-16-32(22)7/h12-15,17-18,22-24H,9-11,16,29H2,1-8H3,(H,30,35)(H,31,34). The lowest BCUT2D eigenvalue weighted by Crippen LogP contribution is -2.59. The molecule has 0 aliphatic carbocycles. The van der Waals surface area contributed by atoms with E-state index in [-0.39, 0.29) is 34.2 Å². The van der Waals surface area contributed by atoms with Gasteiger partial charge in [-0.15, -0.1) is 0 Å². The third kappa shape index (κ3) is 8.53. The summed E-state index contributed by atoms with van der Waals surface area (Å²) >= 11 is 0. The molecule has 1 saturated heterocycles. The Hall–Kier alpha value is -2.92. The van der Waals surface area contributed by atoms with Crippen LogP contribution in [0.2, 0.25) is 0 Å². The third-order valence-electron chi connectivity index (χ3n) is 7.15. The Morgan fingerprint density at radius 1 is 1.13 bits per heavy atom. The number of nitrogen functional groups attached to an aromatic ring is 1. The average Bonchev–Trinajstić information content (AvgIpc) is 2.84. The Morgan fingerprint density at radius 2 is 1.72 bits per heavy atom. The number of nitrogens with two attached hydrogens (primary N) is 1. The van der Waals surface area contributed by atoms with E-state index >= 15 is 0 Å². The van der Waals surface area contributed by atoms with Gasteiger partial charge in [0.2, 0.25) is 11.8 Å². The van der Waals surface area contributed by atoms with Crippen LogP contribution in [0.1, 0.15) is 60.8 Å². The van der Waals surface area contributed by atoms with E-state index in [1.54, 1.807) is 13.1 Å². The maximum absolute atomic E-state index is 13.8. The Morgan fingerprint density at radius 3 is 2.23 bits per heavy atom. The van der Waals surface area contributed by atoms with Crippen molar-refractivity contribution in [3.63, 3.8) is 0 Å². The number of hydrogen-bond donors (Lipinski definition) is 3. The van der Waals surface area contributed by atoms with E-state index in [0.717, 1.165) is 25.8 Å². The molecule has 1 aliphatic heterocycles. The summed E-state index contributed by atoms with van der Waals surface area (Å²) in [5.41, 5.74) is 5.60. The number of likely N-dealkylation sites (tertiary alicyclic amines) is 1. The van der Waals surface area contributed by atoms with Gasteiger partial charge in [-0.2, -0.15) is 0 Å². The molecule has 3 atom stereocenters. The summed E-state index contributed by atoms with van der Waals surface area (Å²) in [6.07, 6.45) is 4.34. The summed E-state index contributed by atoms with van der Waals surface area (Å²) in [7, 11) is -0.546. The molecule has 0 aromatic heterocycles. The van der Waals surface area contributed by atoms with Crippen molar-refractivity contribution in [2.45, 2.75) is 83.8 Å². The molecule has 218 valence electrons. The number of amides is 3. The lowest BCUT2D eigenvalue weighted by Gasteiger charge is -2.39. The maximum atomic E-state index is 13.8. The molecule has 39 heavy (non-hydrogen) atoms. The van der Waals surface area contributed by atoms with Gasteiger partial charge in [-0.25, -0.2) is 13.1 Å². The van der Waals surface area contributed by atoms with Gasteiger partial charge < -0.3 is 16.0 Å². The first-order valence-corrected chi connectivity index (χ1v) is 14.8. The van der Waals surface area contributed by atoms with E-state index < -0.39 is 33.4 Å². The van der Waals surface area contributed by atoms with Crippen LogP contribution in [0.3, 0.4) is 0 Å². The number of nitrogens with one attached hydrogen (secondary N) is 2. The summed E-state index contributed by atoms with van der Waals surface area (Å²) in [6, 6.07) is 3.92. The van der Waals surface area contributed by atoms with Crippen LogP contribution >= 0.6 is 0 Å². The zero-order valence-corrected chi connectivity index (χ0v) is 25.3. The van der Waals surface area contributed by atoms with Gasteiger partial charge in [0.25, 0.3) is 15.9 Å². The lowest BCUT2D eigenvalue weighted by molar-refractivity contribution is -0.141. The molecule has 2 rings (SSSR count). The highest BCUT2D eigenvalue weighted by molar-refractivity contribution is 7.90. The highest BCUT2D eigenvalue weighted by Gasteiger charge is 2.39. The lowest BCUT2D eigenvalue weighted by atomic mass is 9.84. The normalized spacial score (nSPS) is 18.8. The van der Waals surface area contributed by atoms with Crippen molar-refractivity contribution in [2.24, 2.45) is 11.3 Å². The molecular formula is C28H45N5O5S. The average molecular weight is 564 g/mol. The molecule has 4 N–H and O–H groups in total. The van der Waals surface area contributed by atoms with E-state index in [2.05, 4.69) is 10.0 Å². The molecule has 0 saturated carbocycles.